The van der Waals surface area contributed by atoms with E-state index < -0.39 is 0 Å². The van der Waals surface area contributed by atoms with Gasteiger partial charge in [0.15, 0.2) is 0 Å². The number of aryl methyl sites for hydroxylation is 1. The Morgan fingerprint density at radius 2 is 2.23 bits per heavy atom. The van der Waals surface area contributed by atoms with Crippen molar-refractivity contribution in [2.24, 2.45) is 5.73 Å². The highest BCUT2D eigenvalue weighted by Crippen LogP contribution is 2.20. The van der Waals surface area contributed by atoms with Crippen LogP contribution in [0.15, 0.2) is 24.3 Å². The number of nitrogens with two attached hydrogens (primary N) is 1. The molecular weight excluding hydrogens is 182 g/mol. The third-order valence-corrected chi connectivity index (χ3v) is 2.22. The molecule has 0 aliphatic rings. The van der Waals surface area contributed by atoms with E-state index >= 15 is 0 Å². The van der Waals surface area contributed by atoms with Crippen molar-refractivity contribution >= 4 is 17.7 Å². The van der Waals surface area contributed by atoms with Crippen molar-refractivity contribution in [1.82, 2.24) is 0 Å². The first-order valence-electron chi connectivity index (χ1n) is 4.37. The highest BCUT2D eigenvalue weighted by molar-refractivity contribution is 6.32. The number of benzene rings is 1. The van der Waals surface area contributed by atoms with Gasteiger partial charge in [0.1, 0.15) is 0 Å². The second kappa shape index (κ2) is 5.05. The van der Waals surface area contributed by atoms with Crippen LogP contribution in [-0.2, 0) is 0 Å². The van der Waals surface area contributed by atoms with Crippen LogP contribution in [0.1, 0.15) is 17.5 Å². The molecule has 0 saturated heterocycles. The Balaban J connectivity index is 2.87. The normalized spacial score (nSPS) is 11.0. The summed E-state index contributed by atoms with van der Waals surface area (Å²) in [6.45, 7) is 2.73. The van der Waals surface area contributed by atoms with Crippen molar-refractivity contribution in [3.8, 4) is 0 Å². The maximum atomic E-state index is 6.03. The van der Waals surface area contributed by atoms with Crippen molar-refractivity contribution in [1.29, 1.82) is 0 Å². The van der Waals surface area contributed by atoms with Crippen LogP contribution >= 0.6 is 11.6 Å². The molecule has 0 bridgehead atoms. The minimum absolute atomic E-state index is 0.681. The lowest BCUT2D eigenvalue weighted by Gasteiger charge is -2.01. The summed E-state index contributed by atoms with van der Waals surface area (Å²) < 4.78 is 0. The lowest BCUT2D eigenvalue weighted by Crippen LogP contribution is -1.95. The molecule has 0 aliphatic carbocycles. The van der Waals surface area contributed by atoms with Crippen molar-refractivity contribution < 1.29 is 0 Å². The Morgan fingerprint density at radius 1 is 1.46 bits per heavy atom. The first-order chi connectivity index (χ1) is 6.25. The van der Waals surface area contributed by atoms with Gasteiger partial charge in [-0.25, -0.2) is 0 Å². The third kappa shape index (κ3) is 2.87. The summed E-state index contributed by atoms with van der Waals surface area (Å²) in [7, 11) is 0. The summed E-state index contributed by atoms with van der Waals surface area (Å²) in [6.07, 6.45) is 4.98. The van der Waals surface area contributed by atoms with E-state index in [1.807, 2.05) is 37.3 Å². The molecule has 0 aliphatic heterocycles. The van der Waals surface area contributed by atoms with Gasteiger partial charge in [0.25, 0.3) is 0 Å². The predicted octanol–water partition coefficient (Wildman–Crippen LogP) is 3.01. The Hall–Kier alpha value is -0.790. The molecule has 0 fully saturated rings. The molecule has 1 aromatic rings. The van der Waals surface area contributed by atoms with Crippen molar-refractivity contribution in [2.75, 3.05) is 6.54 Å². The molecule has 0 unspecified atom stereocenters. The monoisotopic (exact) mass is 195 g/mol. The van der Waals surface area contributed by atoms with Crippen LogP contribution in [0.3, 0.4) is 0 Å². The molecule has 2 heteroatoms. The van der Waals surface area contributed by atoms with E-state index in [4.69, 9.17) is 17.3 Å². The summed E-state index contributed by atoms with van der Waals surface area (Å²) in [5.74, 6) is 0. The number of hydrogen-bond acceptors (Lipinski definition) is 1. The quantitative estimate of drug-likeness (QED) is 0.789. The van der Waals surface area contributed by atoms with Gasteiger partial charge in [-0.3, -0.25) is 0 Å². The molecule has 1 rings (SSSR count). The molecule has 2 N–H and O–H groups in total. The largest absolute Gasteiger partial charge is 0.330 e. The van der Waals surface area contributed by atoms with Crippen molar-refractivity contribution in [3.63, 3.8) is 0 Å². The van der Waals surface area contributed by atoms with E-state index in [2.05, 4.69) is 0 Å². The highest BCUT2D eigenvalue weighted by Gasteiger charge is 1.97. The van der Waals surface area contributed by atoms with Crippen LogP contribution in [0.25, 0.3) is 6.08 Å². The van der Waals surface area contributed by atoms with E-state index in [-0.39, 0.29) is 0 Å². The van der Waals surface area contributed by atoms with Crippen LogP contribution in [0.4, 0.5) is 0 Å². The van der Waals surface area contributed by atoms with E-state index in [9.17, 15) is 0 Å². The molecule has 0 heterocycles. The fourth-order valence-corrected chi connectivity index (χ4v) is 1.44. The van der Waals surface area contributed by atoms with Crippen LogP contribution in [-0.4, -0.2) is 6.54 Å². The summed E-state index contributed by atoms with van der Waals surface area (Å²) in [5, 5.41) is 0.799. The van der Waals surface area contributed by atoms with Gasteiger partial charge in [-0.2, -0.15) is 0 Å². The topological polar surface area (TPSA) is 26.0 Å². The van der Waals surface area contributed by atoms with E-state index in [0.29, 0.717) is 6.54 Å². The van der Waals surface area contributed by atoms with Gasteiger partial charge in [0, 0.05) is 5.02 Å². The standard InChI is InChI=1S/C11H14ClN/c1-9-5-4-7-11(12)10(9)6-2-3-8-13/h2,4-7H,3,8,13H2,1H3. The zero-order valence-corrected chi connectivity index (χ0v) is 8.51. The molecule has 0 saturated carbocycles. The summed E-state index contributed by atoms with van der Waals surface area (Å²) in [5.41, 5.74) is 7.67. The summed E-state index contributed by atoms with van der Waals surface area (Å²) >= 11 is 6.03. The van der Waals surface area contributed by atoms with Gasteiger partial charge in [-0.15, -0.1) is 0 Å². The second-order valence-corrected chi connectivity index (χ2v) is 3.36. The summed E-state index contributed by atoms with van der Waals surface area (Å²) in [6, 6.07) is 5.91. The zero-order valence-electron chi connectivity index (χ0n) is 7.76. The van der Waals surface area contributed by atoms with Crippen LogP contribution < -0.4 is 5.73 Å². The maximum Gasteiger partial charge on any atom is 0.0480 e. The fraction of sp³-hybridized carbons (Fsp3) is 0.273. The molecule has 0 amide bonds. The SMILES string of the molecule is Cc1cccc(Cl)c1C=CCCN. The molecule has 0 aromatic heterocycles. The van der Waals surface area contributed by atoms with Gasteiger partial charge in [-0.05, 0) is 37.1 Å². The number of rotatable bonds is 3. The fourth-order valence-electron chi connectivity index (χ4n) is 1.15. The Kier molecular flexibility index (Phi) is 4.00. The molecular formula is C11H14ClN. The van der Waals surface area contributed by atoms with E-state index in [1.54, 1.807) is 0 Å². The molecule has 0 spiro atoms. The van der Waals surface area contributed by atoms with Gasteiger partial charge < -0.3 is 5.73 Å². The first kappa shape index (κ1) is 10.3. The minimum Gasteiger partial charge on any atom is -0.330 e. The lowest BCUT2D eigenvalue weighted by molar-refractivity contribution is 1.01. The smallest absolute Gasteiger partial charge is 0.0480 e. The van der Waals surface area contributed by atoms with Crippen molar-refractivity contribution in [3.05, 3.63) is 40.4 Å². The van der Waals surface area contributed by atoms with Gasteiger partial charge in [-0.1, -0.05) is 35.9 Å². The zero-order chi connectivity index (χ0) is 9.68. The number of hydrogen-bond donors (Lipinski definition) is 1. The highest BCUT2D eigenvalue weighted by atomic mass is 35.5. The van der Waals surface area contributed by atoms with Crippen LogP contribution in [0.5, 0.6) is 0 Å². The number of halogens is 1. The molecule has 70 valence electrons. The van der Waals surface area contributed by atoms with Gasteiger partial charge in [0.05, 0.1) is 0 Å². The minimum atomic E-state index is 0.681. The Bertz CT molecular complexity index is 285. The Labute approximate surface area is 84.2 Å². The molecule has 1 nitrogen and oxygen atoms in total. The molecule has 1 aromatic carbocycles. The molecule has 0 atom stereocenters. The van der Waals surface area contributed by atoms with Crippen LogP contribution in [0.2, 0.25) is 5.02 Å². The average Bonchev–Trinajstić information content (AvgIpc) is 2.10. The predicted molar refractivity (Wildman–Crippen MR) is 58.9 cm³/mol. The maximum absolute atomic E-state index is 6.03. The lowest BCUT2D eigenvalue weighted by atomic mass is 10.1. The van der Waals surface area contributed by atoms with E-state index in [1.165, 1.54) is 5.56 Å². The first-order valence-corrected chi connectivity index (χ1v) is 4.75. The van der Waals surface area contributed by atoms with E-state index in [0.717, 1.165) is 17.0 Å². The molecule has 13 heavy (non-hydrogen) atoms. The van der Waals surface area contributed by atoms with Crippen molar-refractivity contribution in [2.45, 2.75) is 13.3 Å². The Morgan fingerprint density at radius 3 is 2.85 bits per heavy atom. The average molecular weight is 196 g/mol. The van der Waals surface area contributed by atoms with Crippen LogP contribution in [0, 0.1) is 6.92 Å². The second-order valence-electron chi connectivity index (χ2n) is 2.95. The molecule has 0 radical (unpaired) electrons. The third-order valence-electron chi connectivity index (χ3n) is 1.89. The summed E-state index contributed by atoms with van der Waals surface area (Å²) in [4.78, 5) is 0. The van der Waals surface area contributed by atoms with Gasteiger partial charge >= 0.3 is 0 Å². The van der Waals surface area contributed by atoms with Gasteiger partial charge in [0.2, 0.25) is 0 Å².